The van der Waals surface area contributed by atoms with Crippen molar-refractivity contribution in [2.24, 2.45) is 5.73 Å². The van der Waals surface area contributed by atoms with Gasteiger partial charge in [0.15, 0.2) is 0 Å². The summed E-state index contributed by atoms with van der Waals surface area (Å²) in [5, 5.41) is 10.8. The molecule has 1 saturated heterocycles. The van der Waals surface area contributed by atoms with Crippen LogP contribution >= 0.6 is 11.6 Å². The van der Waals surface area contributed by atoms with Crippen LogP contribution in [0.2, 0.25) is 5.02 Å². The lowest BCUT2D eigenvalue weighted by molar-refractivity contribution is -0.148. The number of amides is 3. The van der Waals surface area contributed by atoms with E-state index >= 15 is 0 Å². The van der Waals surface area contributed by atoms with Gasteiger partial charge in [0.05, 0.1) is 11.9 Å². The Kier molecular flexibility index (Phi) is 8.57. The molecule has 0 aliphatic carbocycles. The zero-order valence-electron chi connectivity index (χ0n) is 24.7. The highest BCUT2D eigenvalue weighted by Crippen LogP contribution is 2.33. The Morgan fingerprint density at radius 2 is 1.78 bits per heavy atom. The van der Waals surface area contributed by atoms with Gasteiger partial charge in [-0.15, -0.1) is 5.10 Å². The van der Waals surface area contributed by atoms with E-state index in [1.807, 2.05) is 61.5 Å². The predicted molar refractivity (Wildman–Crippen MR) is 171 cm³/mol. The molecule has 0 spiro atoms. The van der Waals surface area contributed by atoms with E-state index in [-0.39, 0.29) is 31.5 Å². The number of nitrogens with two attached hydrogens (primary N) is 1. The summed E-state index contributed by atoms with van der Waals surface area (Å²) in [6.07, 6.45) is 3.98. The van der Waals surface area contributed by atoms with E-state index in [0.29, 0.717) is 28.4 Å². The van der Waals surface area contributed by atoms with Gasteiger partial charge < -0.3 is 15.5 Å². The smallest absolute Gasteiger partial charge is 0.250 e. The minimum atomic E-state index is -1.04. The van der Waals surface area contributed by atoms with E-state index in [9.17, 15) is 14.4 Å². The Bertz CT molecular complexity index is 1860. The van der Waals surface area contributed by atoms with Crippen molar-refractivity contribution in [2.75, 3.05) is 6.54 Å². The van der Waals surface area contributed by atoms with Gasteiger partial charge in [0.25, 0.3) is 5.91 Å². The molecule has 6 rings (SSSR count). The van der Waals surface area contributed by atoms with Gasteiger partial charge in [0.2, 0.25) is 11.8 Å². The van der Waals surface area contributed by atoms with Gasteiger partial charge in [-0.3, -0.25) is 19.4 Å². The monoisotopic (exact) mass is 621 g/mol. The van der Waals surface area contributed by atoms with E-state index in [4.69, 9.17) is 17.3 Å². The summed E-state index contributed by atoms with van der Waals surface area (Å²) < 4.78 is 1.44. The minimum absolute atomic E-state index is 0.149. The third kappa shape index (κ3) is 6.28. The number of halogens is 1. The number of carbonyl (C=O) groups is 3. The van der Waals surface area contributed by atoms with Crippen molar-refractivity contribution >= 4 is 40.1 Å². The van der Waals surface area contributed by atoms with Crippen LogP contribution in [-0.4, -0.2) is 66.1 Å². The number of benzene rings is 3. The Hall–Kier alpha value is -5.09. The lowest BCUT2D eigenvalue weighted by Gasteiger charge is -2.35. The summed E-state index contributed by atoms with van der Waals surface area (Å²) in [7, 11) is 0. The Morgan fingerprint density at radius 3 is 2.56 bits per heavy atom. The van der Waals surface area contributed by atoms with Gasteiger partial charge in [0.1, 0.15) is 24.3 Å². The molecule has 0 radical (unpaired) electrons. The van der Waals surface area contributed by atoms with Gasteiger partial charge in [0, 0.05) is 30.2 Å². The van der Waals surface area contributed by atoms with Crippen LogP contribution in [0.3, 0.4) is 0 Å². The van der Waals surface area contributed by atoms with Crippen molar-refractivity contribution in [1.82, 2.24) is 29.8 Å². The molecule has 3 atom stereocenters. The molecular formula is C34H32ClN7O3. The number of pyridine rings is 1. The number of aromatic nitrogens is 4. The second kappa shape index (κ2) is 12.9. The van der Waals surface area contributed by atoms with Crippen LogP contribution in [0, 0.1) is 0 Å². The van der Waals surface area contributed by atoms with Crippen molar-refractivity contribution in [3.63, 3.8) is 0 Å². The molecule has 228 valence electrons. The molecule has 3 heterocycles. The molecule has 0 unspecified atom stereocenters. The van der Waals surface area contributed by atoms with Crippen LogP contribution in [0.1, 0.15) is 30.5 Å². The summed E-state index contributed by atoms with van der Waals surface area (Å²) >= 11 is 6.39. The third-order valence-corrected chi connectivity index (χ3v) is 8.51. The highest BCUT2D eigenvalue weighted by molar-refractivity contribution is 6.30. The quantitative estimate of drug-likeness (QED) is 0.273. The van der Waals surface area contributed by atoms with E-state index < -0.39 is 23.9 Å². The summed E-state index contributed by atoms with van der Waals surface area (Å²) in [4.78, 5) is 49.1. The van der Waals surface area contributed by atoms with Gasteiger partial charge in [-0.2, -0.15) is 0 Å². The number of hydrogen-bond acceptors (Lipinski definition) is 6. The fraction of sp³-hybridized carbons (Fsp3) is 0.235. The third-order valence-electron chi connectivity index (χ3n) is 8.27. The Labute approximate surface area is 265 Å². The first-order chi connectivity index (χ1) is 21.8. The Morgan fingerprint density at radius 1 is 1.00 bits per heavy atom. The number of rotatable bonds is 8. The molecule has 0 bridgehead atoms. The van der Waals surface area contributed by atoms with Gasteiger partial charge in [-0.25, -0.2) is 4.68 Å². The first-order valence-electron chi connectivity index (χ1n) is 14.7. The molecular weight excluding hydrogens is 590 g/mol. The molecule has 2 aromatic heterocycles. The van der Waals surface area contributed by atoms with E-state index in [1.165, 1.54) is 9.58 Å². The summed E-state index contributed by atoms with van der Waals surface area (Å²) in [6, 6.07) is 23.8. The number of hydrogen-bond donors (Lipinski definition) is 1. The zero-order chi connectivity index (χ0) is 31.5. The highest BCUT2D eigenvalue weighted by Gasteiger charge is 2.43. The molecule has 11 heteroatoms. The molecule has 1 fully saturated rings. The maximum Gasteiger partial charge on any atom is 0.250 e. The average molecular weight is 622 g/mol. The van der Waals surface area contributed by atoms with Crippen molar-refractivity contribution in [2.45, 2.75) is 44.4 Å². The van der Waals surface area contributed by atoms with E-state index in [0.717, 1.165) is 16.3 Å². The van der Waals surface area contributed by atoms with Crippen LogP contribution in [0.15, 0.2) is 97.3 Å². The second-order valence-electron chi connectivity index (χ2n) is 11.2. The van der Waals surface area contributed by atoms with Crippen LogP contribution < -0.4 is 5.73 Å². The average Bonchev–Trinajstić information content (AvgIpc) is 3.46. The van der Waals surface area contributed by atoms with Crippen LogP contribution in [0.5, 0.6) is 0 Å². The maximum absolute atomic E-state index is 14.6. The SMILES string of the molecule is C[C@@H]1CCN([C@H](Cc2cccc3ccccc23)C(N)=O)C(=O)[C@H](c2cccc(Cl)c2)N1C(=O)Cn1cc(-c2ccccn2)nn1. The molecule has 10 nitrogen and oxygen atoms in total. The summed E-state index contributed by atoms with van der Waals surface area (Å²) in [6.45, 7) is 1.99. The normalized spacial score (nSPS) is 17.7. The topological polar surface area (TPSA) is 127 Å². The van der Waals surface area contributed by atoms with Crippen molar-refractivity contribution in [3.8, 4) is 11.4 Å². The molecule has 0 saturated carbocycles. The number of nitrogens with zero attached hydrogens (tertiary/aromatic N) is 6. The van der Waals surface area contributed by atoms with E-state index in [2.05, 4.69) is 15.3 Å². The van der Waals surface area contributed by atoms with Crippen molar-refractivity contribution in [3.05, 3.63) is 113 Å². The van der Waals surface area contributed by atoms with E-state index in [1.54, 1.807) is 47.6 Å². The maximum atomic E-state index is 14.6. The summed E-state index contributed by atoms with van der Waals surface area (Å²) in [5.41, 5.74) is 8.61. The molecule has 1 aliphatic heterocycles. The minimum Gasteiger partial charge on any atom is -0.368 e. The largest absolute Gasteiger partial charge is 0.368 e. The van der Waals surface area contributed by atoms with Crippen LogP contribution in [-0.2, 0) is 27.3 Å². The molecule has 3 aromatic carbocycles. The molecule has 5 aromatic rings. The van der Waals surface area contributed by atoms with Gasteiger partial charge in [-0.05, 0) is 59.5 Å². The van der Waals surface area contributed by atoms with Crippen molar-refractivity contribution < 1.29 is 14.4 Å². The lowest BCUT2D eigenvalue weighted by atomic mass is 9.96. The highest BCUT2D eigenvalue weighted by atomic mass is 35.5. The van der Waals surface area contributed by atoms with Gasteiger partial charge >= 0.3 is 0 Å². The fourth-order valence-electron chi connectivity index (χ4n) is 6.06. The molecule has 2 N–H and O–H groups in total. The summed E-state index contributed by atoms with van der Waals surface area (Å²) in [5.74, 6) is -1.34. The second-order valence-corrected chi connectivity index (χ2v) is 11.6. The van der Waals surface area contributed by atoms with Crippen LogP contribution in [0.4, 0.5) is 0 Å². The number of carbonyl (C=O) groups excluding carboxylic acids is 3. The van der Waals surface area contributed by atoms with Crippen molar-refractivity contribution in [1.29, 1.82) is 0 Å². The zero-order valence-corrected chi connectivity index (χ0v) is 25.4. The first kappa shape index (κ1) is 30.0. The predicted octanol–water partition coefficient (Wildman–Crippen LogP) is 4.43. The molecule has 3 amide bonds. The fourth-order valence-corrected chi connectivity index (χ4v) is 6.25. The van der Waals surface area contributed by atoms with Crippen LogP contribution in [0.25, 0.3) is 22.2 Å². The Balaban J connectivity index is 1.34. The lowest BCUT2D eigenvalue weighted by Crippen LogP contribution is -2.52. The molecule has 1 aliphatic rings. The number of fused-ring (bicyclic) bond motifs is 1. The first-order valence-corrected chi connectivity index (χ1v) is 15.1. The van der Waals surface area contributed by atoms with Gasteiger partial charge in [-0.1, -0.05) is 77.5 Å². The molecule has 45 heavy (non-hydrogen) atoms. The standard InChI is InChI=1S/C34H32ClN7O3/c1-22-15-17-41(30(33(36)44)19-24-10-6-9-23-8-2-3-13-27(23)24)34(45)32(25-11-7-12-26(35)18-25)42(22)31(43)21-40-20-29(38-39-40)28-14-4-5-16-37-28/h2-14,16,18,20,22,30,32H,15,17,19,21H2,1H3,(H2,36,44)/t22-,30-,32+/m1/s1. The number of primary amides is 1.